The van der Waals surface area contributed by atoms with Gasteiger partial charge in [-0.3, -0.25) is 10.2 Å². The Kier molecular flexibility index (Phi) is 4.60. The van der Waals surface area contributed by atoms with Crippen LogP contribution in [0.5, 0.6) is 5.75 Å². The quantitative estimate of drug-likeness (QED) is 0.874. The number of nitrogens with one attached hydrogen (secondary N) is 1. The Morgan fingerprint density at radius 3 is 2.50 bits per heavy atom. The second-order valence-electron chi connectivity index (χ2n) is 6.98. The number of hydrazine groups is 1. The maximum atomic E-state index is 14.1. The SMILES string of the molecule is CCOc1c([C@H](N2NC(=O)CC2(C)C)C(F)(F)F)ccc2ccccc12. The molecule has 1 heterocycles. The van der Waals surface area contributed by atoms with Crippen molar-refractivity contribution in [2.75, 3.05) is 6.61 Å². The van der Waals surface area contributed by atoms with Crippen molar-refractivity contribution in [3.8, 4) is 5.75 Å². The highest BCUT2D eigenvalue weighted by atomic mass is 19.4. The van der Waals surface area contributed by atoms with Crippen molar-refractivity contribution in [3.63, 3.8) is 0 Å². The molecule has 1 amide bonds. The zero-order valence-electron chi connectivity index (χ0n) is 14.9. The summed E-state index contributed by atoms with van der Waals surface area (Å²) >= 11 is 0. The second kappa shape index (κ2) is 6.46. The smallest absolute Gasteiger partial charge is 0.410 e. The Labute approximate surface area is 149 Å². The van der Waals surface area contributed by atoms with Gasteiger partial charge in [0.2, 0.25) is 5.91 Å². The van der Waals surface area contributed by atoms with E-state index in [0.29, 0.717) is 5.39 Å². The molecular formula is C19H21F3N2O2. The Morgan fingerprint density at radius 1 is 1.23 bits per heavy atom. The third-order valence-electron chi connectivity index (χ3n) is 4.55. The summed E-state index contributed by atoms with van der Waals surface area (Å²) in [6.45, 7) is 5.20. The first-order valence-corrected chi connectivity index (χ1v) is 8.45. The van der Waals surface area contributed by atoms with Gasteiger partial charge in [0.15, 0.2) is 6.04 Å². The van der Waals surface area contributed by atoms with Crippen LogP contribution in [0.3, 0.4) is 0 Å². The number of alkyl halides is 3. The van der Waals surface area contributed by atoms with Crippen LogP contribution < -0.4 is 10.2 Å². The minimum Gasteiger partial charge on any atom is -0.493 e. The van der Waals surface area contributed by atoms with Gasteiger partial charge in [-0.25, -0.2) is 0 Å². The third kappa shape index (κ3) is 3.23. The highest BCUT2D eigenvalue weighted by Gasteiger charge is 2.54. The minimum absolute atomic E-state index is 0.00285. The molecule has 0 aromatic heterocycles. The average Bonchev–Trinajstić information content (AvgIpc) is 2.80. The first-order valence-electron chi connectivity index (χ1n) is 8.45. The number of benzene rings is 2. The molecule has 140 valence electrons. The number of hydrogen-bond acceptors (Lipinski definition) is 3. The van der Waals surface area contributed by atoms with E-state index >= 15 is 0 Å². The number of amides is 1. The van der Waals surface area contributed by atoms with E-state index in [1.54, 1.807) is 39.0 Å². The van der Waals surface area contributed by atoms with Gasteiger partial charge in [-0.05, 0) is 26.2 Å². The van der Waals surface area contributed by atoms with Crippen molar-refractivity contribution in [2.24, 2.45) is 0 Å². The van der Waals surface area contributed by atoms with Gasteiger partial charge in [0.05, 0.1) is 6.61 Å². The number of hydrogen-bond donors (Lipinski definition) is 1. The Morgan fingerprint density at radius 2 is 1.92 bits per heavy atom. The van der Waals surface area contributed by atoms with E-state index in [9.17, 15) is 18.0 Å². The summed E-state index contributed by atoms with van der Waals surface area (Å²) < 4.78 is 47.9. The molecule has 1 saturated heterocycles. The van der Waals surface area contributed by atoms with Crippen molar-refractivity contribution in [1.29, 1.82) is 0 Å². The van der Waals surface area contributed by atoms with E-state index in [2.05, 4.69) is 5.43 Å². The molecule has 0 aliphatic carbocycles. The Balaban J connectivity index is 2.22. The standard InChI is InChI=1S/C19H21F3N2O2/c1-4-26-16-13-8-6-5-7-12(13)9-10-14(16)17(19(20,21)22)24-18(2,3)11-15(25)23-24/h5-10,17H,4,11H2,1-3H3,(H,23,25)/t17-/m0/s1. The number of carbonyl (C=O) groups is 1. The van der Waals surface area contributed by atoms with Gasteiger partial charge < -0.3 is 4.74 Å². The van der Waals surface area contributed by atoms with Crippen LogP contribution in [-0.4, -0.2) is 29.2 Å². The Hall–Kier alpha value is -2.28. The second-order valence-corrected chi connectivity index (χ2v) is 6.98. The zero-order chi connectivity index (χ0) is 19.1. The van der Waals surface area contributed by atoms with Gasteiger partial charge in [-0.1, -0.05) is 36.4 Å². The largest absolute Gasteiger partial charge is 0.493 e. The molecule has 26 heavy (non-hydrogen) atoms. The van der Waals surface area contributed by atoms with Crippen LogP contribution >= 0.6 is 0 Å². The zero-order valence-corrected chi connectivity index (χ0v) is 14.9. The maximum Gasteiger partial charge on any atom is 0.410 e. The molecule has 3 rings (SSSR count). The first-order chi connectivity index (χ1) is 12.1. The fourth-order valence-corrected chi connectivity index (χ4v) is 3.46. The van der Waals surface area contributed by atoms with Gasteiger partial charge >= 0.3 is 6.18 Å². The molecule has 1 atom stereocenters. The van der Waals surface area contributed by atoms with Gasteiger partial charge in [-0.2, -0.15) is 18.2 Å². The summed E-state index contributed by atoms with van der Waals surface area (Å²) in [5, 5.41) is 2.41. The topological polar surface area (TPSA) is 41.6 Å². The number of carbonyl (C=O) groups excluding carboxylic acids is 1. The summed E-state index contributed by atoms with van der Waals surface area (Å²) in [4.78, 5) is 11.8. The molecule has 4 nitrogen and oxygen atoms in total. The molecule has 0 spiro atoms. The number of rotatable bonds is 4. The van der Waals surface area contributed by atoms with Crippen LogP contribution in [0.15, 0.2) is 36.4 Å². The summed E-state index contributed by atoms with van der Waals surface area (Å²) in [5.74, 6) is -0.229. The van der Waals surface area contributed by atoms with E-state index in [4.69, 9.17) is 4.74 Å². The molecule has 0 unspecified atom stereocenters. The third-order valence-corrected chi connectivity index (χ3v) is 4.55. The molecule has 0 bridgehead atoms. The van der Waals surface area contributed by atoms with Crippen LogP contribution in [0.25, 0.3) is 10.8 Å². The highest BCUT2D eigenvalue weighted by Crippen LogP contribution is 2.47. The fourth-order valence-electron chi connectivity index (χ4n) is 3.46. The maximum absolute atomic E-state index is 14.1. The van der Waals surface area contributed by atoms with Crippen LogP contribution in [0.2, 0.25) is 0 Å². The number of fused-ring (bicyclic) bond motifs is 1. The average molecular weight is 366 g/mol. The van der Waals surface area contributed by atoms with Gasteiger partial charge in [0.1, 0.15) is 5.75 Å². The van der Waals surface area contributed by atoms with Crippen molar-refractivity contribution in [2.45, 2.75) is 44.9 Å². The lowest BCUT2D eigenvalue weighted by atomic mass is 9.94. The van der Waals surface area contributed by atoms with Gasteiger partial charge in [0, 0.05) is 22.9 Å². The van der Waals surface area contributed by atoms with Crippen LogP contribution in [-0.2, 0) is 4.79 Å². The summed E-state index contributed by atoms with van der Waals surface area (Å²) in [5.41, 5.74) is 1.40. The van der Waals surface area contributed by atoms with Crippen LogP contribution in [0, 0.1) is 0 Å². The predicted molar refractivity (Wildman–Crippen MR) is 92.6 cm³/mol. The molecule has 7 heteroatoms. The van der Waals surface area contributed by atoms with E-state index in [0.717, 1.165) is 10.4 Å². The summed E-state index contributed by atoms with van der Waals surface area (Å²) in [6, 6.07) is 8.23. The summed E-state index contributed by atoms with van der Waals surface area (Å²) in [7, 11) is 0. The van der Waals surface area contributed by atoms with Crippen LogP contribution in [0.1, 0.15) is 38.8 Å². The van der Waals surface area contributed by atoms with Crippen molar-refractivity contribution >= 4 is 16.7 Å². The normalized spacial score (nSPS) is 18.8. The fraction of sp³-hybridized carbons (Fsp3) is 0.421. The van der Waals surface area contributed by atoms with Crippen molar-refractivity contribution in [1.82, 2.24) is 10.4 Å². The highest BCUT2D eigenvalue weighted by molar-refractivity contribution is 5.90. The first kappa shape index (κ1) is 18.5. The molecule has 0 saturated carbocycles. The van der Waals surface area contributed by atoms with E-state index in [1.165, 1.54) is 6.07 Å². The molecule has 1 aliphatic rings. The monoisotopic (exact) mass is 366 g/mol. The molecule has 1 aliphatic heterocycles. The summed E-state index contributed by atoms with van der Waals surface area (Å²) in [6.07, 6.45) is -4.60. The number of ether oxygens (including phenoxy) is 1. The lowest BCUT2D eigenvalue weighted by molar-refractivity contribution is -0.204. The molecule has 1 N–H and O–H groups in total. The van der Waals surface area contributed by atoms with E-state index in [1.807, 2.05) is 12.1 Å². The van der Waals surface area contributed by atoms with E-state index in [-0.39, 0.29) is 24.3 Å². The van der Waals surface area contributed by atoms with Crippen molar-refractivity contribution in [3.05, 3.63) is 42.0 Å². The minimum atomic E-state index is -4.59. The van der Waals surface area contributed by atoms with E-state index < -0.39 is 23.7 Å². The molecule has 2 aromatic rings. The molecular weight excluding hydrogens is 345 g/mol. The number of halogens is 3. The van der Waals surface area contributed by atoms with Crippen molar-refractivity contribution < 1.29 is 22.7 Å². The predicted octanol–water partition coefficient (Wildman–Crippen LogP) is 4.36. The molecule has 2 aromatic carbocycles. The number of nitrogens with zero attached hydrogens (tertiary/aromatic N) is 1. The van der Waals surface area contributed by atoms with Gasteiger partial charge in [0.25, 0.3) is 0 Å². The lowest BCUT2D eigenvalue weighted by Gasteiger charge is -2.38. The van der Waals surface area contributed by atoms with Gasteiger partial charge in [-0.15, -0.1) is 0 Å². The van der Waals surface area contributed by atoms with Crippen LogP contribution in [0.4, 0.5) is 13.2 Å². The molecule has 1 fully saturated rings. The molecule has 0 radical (unpaired) electrons. The Bertz CT molecular complexity index is 833. The lowest BCUT2D eigenvalue weighted by Crippen LogP contribution is -2.51.